The minimum Gasteiger partial charge on any atom is -0.325 e. The van der Waals surface area contributed by atoms with E-state index in [2.05, 4.69) is 26.2 Å². The summed E-state index contributed by atoms with van der Waals surface area (Å²) in [6.45, 7) is 2.88. The Morgan fingerprint density at radius 2 is 2.27 bits per heavy atom. The van der Waals surface area contributed by atoms with E-state index in [0.29, 0.717) is 0 Å². The maximum absolute atomic E-state index is 12.2. The van der Waals surface area contributed by atoms with Gasteiger partial charge in [0.2, 0.25) is 5.91 Å². The number of nitrogens with zero attached hydrogens (tertiary/aromatic N) is 4. The van der Waals surface area contributed by atoms with Crippen molar-refractivity contribution in [2.24, 2.45) is 0 Å². The third-order valence-electron chi connectivity index (χ3n) is 3.70. The van der Waals surface area contributed by atoms with E-state index in [1.807, 2.05) is 25.1 Å². The summed E-state index contributed by atoms with van der Waals surface area (Å²) < 4.78 is 1.59. The van der Waals surface area contributed by atoms with E-state index in [-0.39, 0.29) is 24.4 Å². The van der Waals surface area contributed by atoms with E-state index in [9.17, 15) is 4.79 Å². The average molecular weight is 323 g/mol. The zero-order chi connectivity index (χ0) is 14.7. The van der Waals surface area contributed by atoms with Gasteiger partial charge in [-0.05, 0) is 54.4 Å². The molecule has 1 saturated heterocycles. The predicted octanol–water partition coefficient (Wildman–Crippen LogP) is 1.47. The molecule has 1 atom stereocenters. The van der Waals surface area contributed by atoms with Gasteiger partial charge < -0.3 is 10.6 Å². The van der Waals surface area contributed by atoms with Gasteiger partial charge in [0.15, 0.2) is 0 Å². The standard InChI is InChI=1S/C14H18N6O.ClH/c1-10-5-6-11(8-13(10)20-9-16-18-19-20)17-14(21)12-4-2-3-7-15-12;/h5-6,8-9,12,15H,2-4,7H2,1H3,(H,17,21);1H. The Labute approximate surface area is 134 Å². The Bertz CT molecular complexity index is 624. The lowest BCUT2D eigenvalue weighted by Crippen LogP contribution is -2.43. The van der Waals surface area contributed by atoms with Crippen molar-refractivity contribution in [2.75, 3.05) is 11.9 Å². The molecule has 1 aliphatic rings. The summed E-state index contributed by atoms with van der Waals surface area (Å²) in [6.07, 6.45) is 4.65. The molecule has 1 amide bonds. The number of halogens is 1. The lowest BCUT2D eigenvalue weighted by Gasteiger charge is -2.22. The number of rotatable bonds is 3. The molecule has 0 radical (unpaired) electrons. The summed E-state index contributed by atoms with van der Waals surface area (Å²) >= 11 is 0. The molecule has 1 aromatic heterocycles. The van der Waals surface area contributed by atoms with E-state index < -0.39 is 0 Å². The van der Waals surface area contributed by atoms with Crippen LogP contribution in [0.4, 0.5) is 5.69 Å². The van der Waals surface area contributed by atoms with Crippen molar-refractivity contribution in [3.8, 4) is 5.69 Å². The van der Waals surface area contributed by atoms with E-state index in [0.717, 1.165) is 42.7 Å². The monoisotopic (exact) mass is 322 g/mol. The second-order valence-corrected chi connectivity index (χ2v) is 5.25. The molecule has 2 N–H and O–H groups in total. The van der Waals surface area contributed by atoms with Crippen molar-refractivity contribution in [3.05, 3.63) is 30.1 Å². The number of carbonyl (C=O) groups is 1. The van der Waals surface area contributed by atoms with Gasteiger partial charge in [-0.15, -0.1) is 17.5 Å². The van der Waals surface area contributed by atoms with Gasteiger partial charge in [0, 0.05) is 5.69 Å². The first-order valence-corrected chi connectivity index (χ1v) is 7.12. The van der Waals surface area contributed by atoms with Crippen molar-refractivity contribution in [1.29, 1.82) is 0 Å². The molecular weight excluding hydrogens is 304 g/mol. The zero-order valence-corrected chi connectivity index (χ0v) is 13.1. The van der Waals surface area contributed by atoms with Crippen LogP contribution in [-0.2, 0) is 4.79 Å². The minimum absolute atomic E-state index is 0. The Morgan fingerprint density at radius 1 is 1.41 bits per heavy atom. The Kier molecular flexibility index (Phi) is 5.46. The van der Waals surface area contributed by atoms with Crippen LogP contribution in [0.15, 0.2) is 24.5 Å². The van der Waals surface area contributed by atoms with Crippen LogP contribution in [0.3, 0.4) is 0 Å². The van der Waals surface area contributed by atoms with Crippen LogP contribution in [0, 0.1) is 6.92 Å². The Hall–Kier alpha value is -1.99. The van der Waals surface area contributed by atoms with E-state index in [1.165, 1.54) is 6.33 Å². The number of piperidine rings is 1. The highest BCUT2D eigenvalue weighted by atomic mass is 35.5. The van der Waals surface area contributed by atoms with Crippen molar-refractivity contribution in [2.45, 2.75) is 32.2 Å². The third kappa shape index (κ3) is 3.61. The molecular formula is C14H19ClN6O. The van der Waals surface area contributed by atoms with Gasteiger partial charge in [-0.3, -0.25) is 4.79 Å². The summed E-state index contributed by atoms with van der Waals surface area (Å²) in [6, 6.07) is 5.62. The lowest BCUT2D eigenvalue weighted by atomic mass is 10.0. The van der Waals surface area contributed by atoms with Crippen LogP contribution >= 0.6 is 12.4 Å². The summed E-state index contributed by atoms with van der Waals surface area (Å²) in [5, 5.41) is 17.4. The van der Waals surface area contributed by atoms with Crippen molar-refractivity contribution in [3.63, 3.8) is 0 Å². The first-order valence-electron chi connectivity index (χ1n) is 7.12. The van der Waals surface area contributed by atoms with E-state index in [4.69, 9.17) is 0 Å². The number of tetrazole rings is 1. The number of carbonyl (C=O) groups excluding carboxylic acids is 1. The molecule has 0 bridgehead atoms. The number of amides is 1. The maximum Gasteiger partial charge on any atom is 0.241 e. The number of benzene rings is 1. The molecule has 0 aliphatic carbocycles. The van der Waals surface area contributed by atoms with Gasteiger partial charge in [-0.1, -0.05) is 12.5 Å². The number of anilines is 1. The molecule has 118 valence electrons. The maximum atomic E-state index is 12.2. The summed E-state index contributed by atoms with van der Waals surface area (Å²) in [5.41, 5.74) is 2.65. The van der Waals surface area contributed by atoms with Gasteiger partial charge >= 0.3 is 0 Å². The molecule has 1 aliphatic heterocycles. The Morgan fingerprint density at radius 3 is 2.95 bits per heavy atom. The first kappa shape index (κ1) is 16.4. The number of nitrogens with one attached hydrogen (secondary N) is 2. The van der Waals surface area contributed by atoms with Gasteiger partial charge in [-0.2, -0.15) is 0 Å². The number of aromatic nitrogens is 4. The fraction of sp³-hybridized carbons (Fsp3) is 0.429. The first-order chi connectivity index (χ1) is 10.2. The fourth-order valence-corrected chi connectivity index (χ4v) is 2.51. The normalized spacial score (nSPS) is 17.6. The molecule has 8 heteroatoms. The molecule has 2 aromatic rings. The minimum atomic E-state index is -0.100. The number of hydrogen-bond donors (Lipinski definition) is 2. The van der Waals surface area contributed by atoms with Crippen LogP contribution in [0.2, 0.25) is 0 Å². The van der Waals surface area contributed by atoms with Crippen LogP contribution in [-0.4, -0.2) is 38.7 Å². The lowest BCUT2D eigenvalue weighted by molar-refractivity contribution is -0.118. The quantitative estimate of drug-likeness (QED) is 0.894. The van der Waals surface area contributed by atoms with Crippen LogP contribution < -0.4 is 10.6 Å². The molecule has 1 unspecified atom stereocenters. The molecule has 7 nitrogen and oxygen atoms in total. The highest BCUT2D eigenvalue weighted by Crippen LogP contribution is 2.19. The highest BCUT2D eigenvalue weighted by Gasteiger charge is 2.20. The van der Waals surface area contributed by atoms with Crippen molar-refractivity contribution >= 4 is 24.0 Å². The smallest absolute Gasteiger partial charge is 0.241 e. The van der Waals surface area contributed by atoms with E-state index in [1.54, 1.807) is 4.68 Å². The topological polar surface area (TPSA) is 84.7 Å². The molecule has 22 heavy (non-hydrogen) atoms. The van der Waals surface area contributed by atoms with Crippen molar-refractivity contribution < 1.29 is 4.79 Å². The van der Waals surface area contributed by atoms with E-state index >= 15 is 0 Å². The van der Waals surface area contributed by atoms with Crippen LogP contribution in [0.1, 0.15) is 24.8 Å². The second kappa shape index (κ2) is 7.33. The molecule has 2 heterocycles. The van der Waals surface area contributed by atoms with Gasteiger partial charge in [0.25, 0.3) is 0 Å². The van der Waals surface area contributed by atoms with Gasteiger partial charge in [-0.25, -0.2) is 4.68 Å². The SMILES string of the molecule is Cc1ccc(NC(=O)C2CCCCN2)cc1-n1cnnn1.Cl. The second-order valence-electron chi connectivity index (χ2n) is 5.25. The average Bonchev–Trinajstić information content (AvgIpc) is 3.04. The Balaban J connectivity index is 0.00000176. The van der Waals surface area contributed by atoms with Gasteiger partial charge in [0.1, 0.15) is 6.33 Å². The van der Waals surface area contributed by atoms with Crippen LogP contribution in [0.5, 0.6) is 0 Å². The molecule has 3 rings (SSSR count). The molecule has 1 fully saturated rings. The van der Waals surface area contributed by atoms with Gasteiger partial charge in [0.05, 0.1) is 11.7 Å². The molecule has 0 spiro atoms. The highest BCUT2D eigenvalue weighted by molar-refractivity contribution is 5.95. The number of hydrogen-bond acceptors (Lipinski definition) is 5. The zero-order valence-electron chi connectivity index (χ0n) is 12.3. The third-order valence-corrected chi connectivity index (χ3v) is 3.70. The fourth-order valence-electron chi connectivity index (χ4n) is 2.51. The summed E-state index contributed by atoms with van der Waals surface area (Å²) in [4.78, 5) is 12.2. The van der Waals surface area contributed by atoms with Crippen LogP contribution in [0.25, 0.3) is 5.69 Å². The number of aryl methyl sites for hydroxylation is 1. The van der Waals surface area contributed by atoms with Crippen molar-refractivity contribution in [1.82, 2.24) is 25.5 Å². The summed E-state index contributed by atoms with van der Waals surface area (Å²) in [5.74, 6) is 0.0150. The summed E-state index contributed by atoms with van der Waals surface area (Å²) in [7, 11) is 0. The predicted molar refractivity (Wildman–Crippen MR) is 85.4 cm³/mol. The largest absolute Gasteiger partial charge is 0.325 e. The molecule has 1 aromatic carbocycles. The molecule has 0 saturated carbocycles.